The second-order valence-electron chi connectivity index (χ2n) is 21.6. The van der Waals surface area contributed by atoms with E-state index in [-0.39, 0.29) is 30.8 Å². The summed E-state index contributed by atoms with van der Waals surface area (Å²) >= 11 is 0. The number of aliphatic hydroxyl groups is 2. The summed E-state index contributed by atoms with van der Waals surface area (Å²) in [5.41, 5.74) is 2.32. The van der Waals surface area contributed by atoms with Crippen LogP contribution in [-0.4, -0.2) is 114 Å². The molecule has 1 aromatic rings. The first-order valence-electron chi connectivity index (χ1n) is 27.2. The van der Waals surface area contributed by atoms with Crippen LogP contribution in [0.1, 0.15) is 158 Å². The van der Waals surface area contributed by atoms with Gasteiger partial charge in [-0.2, -0.15) is 0 Å². The fraction of sp³-hybridized carbons (Fsp3) is 0.759. The monoisotopic (exact) mass is 1040 g/mol. The first-order valence-corrected chi connectivity index (χ1v) is 33.5. The molecule has 0 radical (unpaired) electrons. The summed E-state index contributed by atoms with van der Waals surface area (Å²) in [6.07, 6.45) is 21.3. The van der Waals surface area contributed by atoms with Gasteiger partial charge in [0.2, 0.25) is 0 Å². The van der Waals surface area contributed by atoms with Crippen molar-refractivity contribution in [2.45, 2.75) is 196 Å². The predicted molar refractivity (Wildman–Crippen MR) is 278 cm³/mol. The van der Waals surface area contributed by atoms with Gasteiger partial charge in [-0.3, -0.25) is 4.79 Å². The first kappa shape index (κ1) is 57.7. The van der Waals surface area contributed by atoms with Crippen molar-refractivity contribution in [2.24, 2.45) is 29.6 Å². The fourth-order valence-corrected chi connectivity index (χ4v) is 23.6. The third-order valence-electron chi connectivity index (χ3n) is 16.6. The molecule has 5 saturated carbocycles. The summed E-state index contributed by atoms with van der Waals surface area (Å²) in [5, 5.41) is 22.5. The van der Waals surface area contributed by atoms with E-state index in [2.05, 4.69) is 37.4 Å². The summed E-state index contributed by atoms with van der Waals surface area (Å²) < 4.78 is 56.4. The van der Waals surface area contributed by atoms with Crippen LogP contribution in [0.25, 0.3) is 6.08 Å². The van der Waals surface area contributed by atoms with E-state index in [9.17, 15) is 24.6 Å². The molecule has 0 aliphatic heterocycles. The van der Waals surface area contributed by atoms with Crippen LogP contribution in [0, 0.1) is 29.6 Å². The van der Waals surface area contributed by atoms with E-state index < -0.39 is 62.5 Å². The maximum absolute atomic E-state index is 13.0. The minimum absolute atomic E-state index is 0.109. The lowest BCUT2D eigenvalue weighted by Gasteiger charge is -2.42. The number of fused-ring (bicyclic) bond motifs is 1. The fourth-order valence-electron chi connectivity index (χ4n) is 11.8. The highest BCUT2D eigenvalue weighted by molar-refractivity contribution is 6.82. The molecule has 400 valence electrons. The Bertz CT molecular complexity index is 1840. The van der Waals surface area contributed by atoms with Crippen molar-refractivity contribution in [1.29, 1.82) is 0 Å². The van der Waals surface area contributed by atoms with Crippen LogP contribution in [0.2, 0.25) is 24.7 Å². The topological polar surface area (TPSA) is 175 Å². The quantitative estimate of drug-likeness (QED) is 0.0255. The maximum atomic E-state index is 13.0. The number of aliphatic hydroxyl groups excluding tert-OH is 2. The maximum Gasteiger partial charge on any atom is 0.493 e. The van der Waals surface area contributed by atoms with E-state index in [4.69, 9.17) is 40.1 Å². The number of ether oxygens (including phenoxy) is 3. The normalized spacial score (nSPS) is 28.8. The van der Waals surface area contributed by atoms with Crippen LogP contribution in [0.15, 0.2) is 43.0 Å². The number of unbranched alkanes of at least 4 members (excludes halogenated alkanes) is 2. The Morgan fingerprint density at radius 2 is 1.24 bits per heavy atom. The molecule has 0 bridgehead atoms. The number of hydrogen-bond acceptors (Lipinski definition) is 14. The van der Waals surface area contributed by atoms with E-state index >= 15 is 0 Å². The average molecular weight is 1050 g/mol. The van der Waals surface area contributed by atoms with Gasteiger partial charge in [0.05, 0.1) is 18.8 Å². The van der Waals surface area contributed by atoms with Crippen LogP contribution < -0.4 is 0 Å². The van der Waals surface area contributed by atoms with Crippen molar-refractivity contribution in [2.75, 3.05) is 35.0 Å². The Kier molecular flexibility index (Phi) is 23.1. The van der Waals surface area contributed by atoms with E-state index in [0.717, 1.165) is 48.8 Å². The number of benzene rings is 1. The summed E-state index contributed by atoms with van der Waals surface area (Å²) in [4.78, 5) is 36.9. The lowest BCUT2D eigenvalue weighted by molar-refractivity contribution is -0.159. The van der Waals surface area contributed by atoms with Gasteiger partial charge < -0.3 is 50.4 Å². The molecule has 0 saturated heterocycles. The number of carbonyl (C=O) groups excluding carboxylic acids is 3. The van der Waals surface area contributed by atoms with Gasteiger partial charge in [0.25, 0.3) is 0 Å². The van der Waals surface area contributed by atoms with Crippen molar-refractivity contribution in [3.63, 3.8) is 0 Å². The zero-order chi connectivity index (χ0) is 50.9. The Morgan fingerprint density at radius 1 is 0.634 bits per heavy atom. The number of esters is 3. The summed E-state index contributed by atoms with van der Waals surface area (Å²) in [6.45, 7) is 5.78. The molecule has 17 heteroatoms. The summed E-state index contributed by atoms with van der Waals surface area (Å²) in [6, 6.07) is 10.2. The number of carbonyl (C=O) groups is 3. The SMILES string of the molecule is C=CC(=O)OCCCCCC(=O)OC1CCC(CC[Si](OC)(OC)O[Si](CCC2CCC(OC(=O)/C=C/c3ccc(C4CCCCC4)cc3)C(O)C2)(OC)O[Si](C)(CCC2CCC3CC3C2)OC)CC1O. The number of hydrogen-bond donors (Lipinski definition) is 2. The molecule has 14 nitrogen and oxygen atoms in total. The minimum Gasteiger partial charge on any atom is -0.463 e. The van der Waals surface area contributed by atoms with Gasteiger partial charge in [0.15, 0.2) is 0 Å². The molecule has 11 unspecified atom stereocenters. The third-order valence-corrected chi connectivity index (χ3v) is 27.7. The molecule has 1 aromatic carbocycles. The Labute approximate surface area is 428 Å². The largest absolute Gasteiger partial charge is 0.493 e. The second kappa shape index (κ2) is 28.4. The molecule has 71 heavy (non-hydrogen) atoms. The molecule has 5 fully saturated rings. The van der Waals surface area contributed by atoms with E-state index in [1.807, 2.05) is 0 Å². The molecule has 5 aliphatic rings. The molecule has 0 amide bonds. The molecule has 5 aliphatic carbocycles. The average Bonchev–Trinajstić information content (AvgIpc) is 4.18. The zero-order valence-corrected chi connectivity index (χ0v) is 46.7. The van der Waals surface area contributed by atoms with Crippen molar-refractivity contribution in [3.8, 4) is 0 Å². The van der Waals surface area contributed by atoms with Gasteiger partial charge in [0, 0.05) is 59.1 Å². The minimum atomic E-state index is -3.62. The molecule has 6 rings (SSSR count). The van der Waals surface area contributed by atoms with Crippen molar-refractivity contribution >= 4 is 50.2 Å². The van der Waals surface area contributed by atoms with Crippen LogP contribution >= 0.6 is 0 Å². The molecular weight excluding hydrogens is 957 g/mol. The standard InChI is InChI=1S/C54H88O14Si3/c1-7-52(57)64-32-13-9-12-16-53(58)65-50-26-20-42(37-48(50)55)30-34-70(61-3,62-4)68-71(63-5,67-69(6,60-2)33-29-41-19-25-46-39-47(46)36-41)35-31-43-21-27-51(49(56)38-43)66-54(59)28-22-40-17-23-45(24-18-40)44-14-10-8-11-15-44/h7,17-18,22-24,28,41-44,46-51,55-56H,1,8-16,19-21,25-27,29-39H2,2-6H3/b28-22+. The Morgan fingerprint density at radius 3 is 1.85 bits per heavy atom. The van der Waals surface area contributed by atoms with Crippen LogP contribution in [0.4, 0.5) is 0 Å². The van der Waals surface area contributed by atoms with Crippen LogP contribution in [0.3, 0.4) is 0 Å². The van der Waals surface area contributed by atoms with Gasteiger partial charge in [-0.1, -0.05) is 56.5 Å². The highest BCUT2D eigenvalue weighted by Crippen LogP contribution is 2.52. The van der Waals surface area contributed by atoms with Crippen LogP contribution in [0.5, 0.6) is 0 Å². The smallest absolute Gasteiger partial charge is 0.463 e. The highest BCUT2D eigenvalue weighted by atomic mass is 28.5. The predicted octanol–water partition coefficient (Wildman–Crippen LogP) is 10.4. The molecule has 2 N–H and O–H groups in total. The van der Waals surface area contributed by atoms with Gasteiger partial charge >= 0.3 is 44.1 Å². The Hall–Kier alpha value is -2.56. The van der Waals surface area contributed by atoms with Crippen molar-refractivity contribution < 1.29 is 64.7 Å². The molecule has 0 aromatic heterocycles. The number of rotatable bonds is 29. The summed E-state index contributed by atoms with van der Waals surface area (Å²) in [5.74, 6) is 2.08. The zero-order valence-electron chi connectivity index (χ0n) is 43.7. The lowest BCUT2D eigenvalue weighted by atomic mass is 9.84. The van der Waals surface area contributed by atoms with Crippen molar-refractivity contribution in [3.05, 3.63) is 54.1 Å². The van der Waals surface area contributed by atoms with Crippen LogP contribution in [-0.2, 0) is 54.5 Å². The van der Waals surface area contributed by atoms with Gasteiger partial charge in [-0.25, -0.2) is 9.59 Å². The van der Waals surface area contributed by atoms with E-state index in [1.165, 1.54) is 69.4 Å². The summed E-state index contributed by atoms with van der Waals surface area (Å²) in [7, 11) is -3.31. The highest BCUT2D eigenvalue weighted by Gasteiger charge is 2.56. The van der Waals surface area contributed by atoms with Gasteiger partial charge in [-0.05, 0) is 174 Å². The van der Waals surface area contributed by atoms with Crippen molar-refractivity contribution in [1.82, 2.24) is 0 Å². The molecule has 11 atom stereocenters. The van der Waals surface area contributed by atoms with E-state index in [1.54, 1.807) is 34.5 Å². The molecule has 0 heterocycles. The Balaban J connectivity index is 1.03. The van der Waals surface area contributed by atoms with Gasteiger partial charge in [0.1, 0.15) is 12.2 Å². The van der Waals surface area contributed by atoms with Gasteiger partial charge in [-0.15, -0.1) is 0 Å². The first-order chi connectivity index (χ1) is 34.2. The molecular formula is C54H88O14Si3. The lowest BCUT2D eigenvalue weighted by Crippen LogP contribution is -2.62. The molecule has 0 spiro atoms. The second-order valence-corrected chi connectivity index (χ2v) is 31.4. The van der Waals surface area contributed by atoms with E-state index in [0.29, 0.717) is 81.7 Å². The third kappa shape index (κ3) is 18.1.